The molecule has 0 spiro atoms. The second kappa shape index (κ2) is 31.3. The second-order valence-electron chi connectivity index (χ2n) is 26.0. The average molecular weight is 1280 g/mol. The topological polar surface area (TPSA) is 15.5 Å². The SMILES string of the molecule is [2H]C([2H])([2H])c1c[n+](C)c(-c2cc(-c3ccccc3)ccc2C)cc1C1([2H])CCCC1.[2H]C([2H])([2H])c1c[n+](C)c(-c2cc(-c3ccccc3)ccc2C)cc1C1([2H])CCCCC1.[2H]C([2H])([2H])c1cc(C)c(-c2cc(C)cc[n+]2C)cc1-c1ccccc1.[2H]C([2H])([2H])c1cc(C)c(-c2cccc[n+]2C)cc1-c1ccccc1. The van der Waals surface area contributed by atoms with Gasteiger partial charge in [0.2, 0.25) is 22.8 Å². The molecule has 484 valence electrons. The lowest BCUT2D eigenvalue weighted by molar-refractivity contribution is -0.661. The Bertz CT molecular complexity index is 5230. The fourth-order valence-electron chi connectivity index (χ4n) is 13.6. The molecule has 0 atom stereocenters. The molecule has 8 aromatic carbocycles. The van der Waals surface area contributed by atoms with E-state index in [0.29, 0.717) is 59.1 Å². The monoisotopic (exact) mass is 1270 g/mol. The quantitative estimate of drug-likeness (QED) is 0.121. The van der Waals surface area contributed by atoms with Gasteiger partial charge in [-0.25, -0.2) is 18.3 Å². The molecule has 0 unspecified atom stereocenters. The van der Waals surface area contributed by atoms with Crippen LogP contribution < -0.4 is 18.3 Å². The lowest BCUT2D eigenvalue weighted by Gasteiger charge is -2.23. The molecule has 0 N–H and O–H groups in total. The Morgan fingerprint density at radius 2 is 0.656 bits per heavy atom. The van der Waals surface area contributed by atoms with Gasteiger partial charge in [0.25, 0.3) is 0 Å². The fourth-order valence-corrected chi connectivity index (χ4v) is 13.6. The maximum Gasteiger partial charge on any atom is 0.212 e. The van der Waals surface area contributed by atoms with Crippen molar-refractivity contribution in [1.82, 2.24) is 0 Å². The Balaban J connectivity index is 0.000000146. The van der Waals surface area contributed by atoms with Crippen molar-refractivity contribution in [3.8, 4) is 89.5 Å². The van der Waals surface area contributed by atoms with Gasteiger partial charge in [-0.05, 0) is 224 Å². The van der Waals surface area contributed by atoms with E-state index in [1.54, 1.807) is 18.5 Å². The molecule has 0 bridgehead atoms. The number of hydrogen-bond acceptors (Lipinski definition) is 0. The summed E-state index contributed by atoms with van der Waals surface area (Å²) in [7, 11) is 7.80. The molecule has 2 fully saturated rings. The second-order valence-corrected chi connectivity index (χ2v) is 26.0. The molecule has 2 aliphatic rings. The van der Waals surface area contributed by atoms with Crippen molar-refractivity contribution in [2.75, 3.05) is 0 Å². The molecule has 0 aliphatic heterocycles. The Hall–Kier alpha value is -9.64. The van der Waals surface area contributed by atoms with Gasteiger partial charge in [0, 0.05) is 89.0 Å². The van der Waals surface area contributed by atoms with Crippen LogP contribution in [-0.2, 0) is 28.2 Å². The first-order valence-electron chi connectivity index (χ1n) is 40.8. The van der Waals surface area contributed by atoms with Gasteiger partial charge in [0.1, 0.15) is 28.2 Å². The van der Waals surface area contributed by atoms with E-state index >= 15 is 0 Å². The number of hydrogen-bond donors (Lipinski definition) is 0. The number of pyridine rings is 4. The molecular weight excluding hydrogens is 1160 g/mol. The van der Waals surface area contributed by atoms with Crippen LogP contribution in [0.25, 0.3) is 89.5 Å². The molecule has 0 amide bonds. The first-order valence-corrected chi connectivity index (χ1v) is 33.8. The van der Waals surface area contributed by atoms with Crippen LogP contribution in [0.4, 0.5) is 0 Å². The Morgan fingerprint density at radius 1 is 0.281 bits per heavy atom. The summed E-state index contributed by atoms with van der Waals surface area (Å²) in [5, 5.41) is 0. The summed E-state index contributed by atoms with van der Waals surface area (Å²) in [5.74, 6) is -1.66. The summed E-state index contributed by atoms with van der Waals surface area (Å²) in [6, 6.07) is 74.6. The zero-order chi connectivity index (χ0) is 79.3. The van der Waals surface area contributed by atoms with Crippen molar-refractivity contribution in [3.63, 3.8) is 0 Å². The van der Waals surface area contributed by atoms with E-state index in [1.807, 2.05) is 214 Å². The van der Waals surface area contributed by atoms with E-state index < -0.39 is 39.2 Å². The van der Waals surface area contributed by atoms with Gasteiger partial charge in [-0.1, -0.05) is 190 Å². The van der Waals surface area contributed by atoms with Gasteiger partial charge in [0.15, 0.2) is 24.8 Å². The van der Waals surface area contributed by atoms with E-state index in [2.05, 4.69) is 98.1 Å². The molecule has 0 radical (unpaired) electrons. The Kier molecular flexibility index (Phi) is 16.8. The number of nitrogens with zero attached hydrogens (tertiary/aromatic N) is 4. The highest BCUT2D eigenvalue weighted by atomic mass is 14.9. The van der Waals surface area contributed by atoms with Crippen LogP contribution in [0.15, 0.2) is 249 Å². The molecule has 2 saturated carbocycles. The van der Waals surface area contributed by atoms with Gasteiger partial charge in [-0.3, -0.25) is 0 Å². The minimum absolute atomic E-state index is 0.308. The highest BCUT2D eigenvalue weighted by molar-refractivity contribution is 5.78. The summed E-state index contributed by atoms with van der Waals surface area (Å²) < 4.78 is 122. The van der Waals surface area contributed by atoms with Crippen molar-refractivity contribution >= 4 is 0 Å². The maximum absolute atomic E-state index is 9.18. The van der Waals surface area contributed by atoms with Crippen LogP contribution in [0.2, 0.25) is 0 Å². The molecule has 4 nitrogen and oxygen atoms in total. The molecule has 2 aliphatic carbocycles. The highest BCUT2D eigenvalue weighted by Gasteiger charge is 2.26. The largest absolute Gasteiger partial charge is 0.212 e. The third kappa shape index (κ3) is 16.0. The van der Waals surface area contributed by atoms with E-state index in [-0.39, 0.29) is 0 Å². The molecule has 4 heteroatoms. The van der Waals surface area contributed by atoms with Crippen molar-refractivity contribution < 1.29 is 37.5 Å². The van der Waals surface area contributed by atoms with Crippen molar-refractivity contribution in [2.24, 2.45) is 28.2 Å². The summed E-state index contributed by atoms with van der Waals surface area (Å²) in [6.45, 7) is 1.39. The third-order valence-electron chi connectivity index (χ3n) is 19.0. The minimum atomic E-state index is -2.24. The molecule has 14 rings (SSSR count). The van der Waals surface area contributed by atoms with Crippen LogP contribution in [0.1, 0.15) is 150 Å². The first-order chi connectivity index (χ1) is 52.0. The van der Waals surface area contributed by atoms with Crippen molar-refractivity contribution in [1.29, 1.82) is 0 Å². The van der Waals surface area contributed by atoms with Gasteiger partial charge in [0.05, 0.1) is 0 Å². The predicted molar refractivity (Wildman–Crippen MR) is 404 cm³/mol. The lowest BCUT2D eigenvalue weighted by Crippen LogP contribution is -2.32. The van der Waals surface area contributed by atoms with E-state index in [0.717, 1.165) is 144 Å². The van der Waals surface area contributed by atoms with Gasteiger partial charge in [-0.15, -0.1) is 0 Å². The zero-order valence-corrected chi connectivity index (χ0v) is 57.3. The summed E-state index contributed by atoms with van der Waals surface area (Å²) in [5.41, 5.74) is 24.3. The van der Waals surface area contributed by atoms with Gasteiger partial charge in [-0.2, -0.15) is 0 Å². The standard InChI is InChI=1S/C26H30N.C25H28N.C21H22N.C20H20N/c1-19-14-15-23(21-10-6-4-7-11-21)16-25(19)26-17-24(20(2)18-27(26)3)22-12-8-5-9-13-22;1-18-13-14-22(20-9-5-4-6-10-20)15-24(18)25-16-23(19(2)17-26(25)3)21-11-7-8-12-21;1-15-10-11-22(4)21(12-15)20-14-19(16(2)13-17(20)3)18-8-6-5-7-9-18;1-15-13-16(2)19(20-11-7-8-12-21(20)3)14-18(15)17-9-5-4-6-10-17/h4,6-7,10-11,14-18,22H,5,8-9,12-13H2,1-3H3;4-6,9-10,13-17,21H,7-8,11-12H2,1-3H3;5-14H,1-4H3;4-14H,1-3H3/q4*+1/i2D3,22D;2D3,21D;2D3;1D3. The molecule has 0 saturated heterocycles. The Labute approximate surface area is 594 Å². The van der Waals surface area contributed by atoms with Gasteiger partial charge < -0.3 is 0 Å². The minimum Gasteiger partial charge on any atom is -0.201 e. The van der Waals surface area contributed by atoms with E-state index in [4.69, 9.17) is 17.8 Å². The number of aryl methyl sites for hydroxylation is 13. The number of aromatic nitrogens is 4. The summed E-state index contributed by atoms with van der Waals surface area (Å²) in [4.78, 5) is 0. The average Bonchev–Trinajstić information content (AvgIpc) is 1.22. The van der Waals surface area contributed by atoms with Crippen LogP contribution >= 0.6 is 0 Å². The van der Waals surface area contributed by atoms with E-state index in [1.165, 1.54) is 5.56 Å². The zero-order valence-electron chi connectivity index (χ0n) is 71.3. The van der Waals surface area contributed by atoms with Crippen LogP contribution in [-0.4, -0.2) is 0 Å². The van der Waals surface area contributed by atoms with Crippen molar-refractivity contribution in [2.45, 2.75) is 132 Å². The van der Waals surface area contributed by atoms with Crippen LogP contribution in [0.5, 0.6) is 0 Å². The molecule has 4 aromatic heterocycles. The van der Waals surface area contributed by atoms with Gasteiger partial charge >= 0.3 is 0 Å². The number of rotatable bonds is 10. The molecular formula is C92H100N4+4. The first kappa shape index (κ1) is 51.7. The van der Waals surface area contributed by atoms with Crippen molar-refractivity contribution in [3.05, 3.63) is 310 Å². The molecule has 12 aromatic rings. The lowest BCUT2D eigenvalue weighted by atomic mass is 9.82. The normalized spacial score (nSPS) is 16.3. The maximum atomic E-state index is 9.18. The van der Waals surface area contributed by atoms with Crippen LogP contribution in [0.3, 0.4) is 0 Å². The molecule has 4 heterocycles. The summed E-state index contributed by atoms with van der Waals surface area (Å²) >= 11 is 0. The smallest absolute Gasteiger partial charge is 0.201 e. The predicted octanol–water partition coefficient (Wildman–Crippen LogP) is 21.9. The van der Waals surface area contributed by atoms with E-state index in [9.17, 15) is 1.37 Å². The number of benzene rings is 8. The third-order valence-corrected chi connectivity index (χ3v) is 19.0. The van der Waals surface area contributed by atoms with Crippen LogP contribution in [0, 0.1) is 62.0 Å². The molecule has 96 heavy (non-hydrogen) atoms. The fraction of sp³-hybridized carbons (Fsp3) is 0.261. The Morgan fingerprint density at radius 3 is 1.08 bits per heavy atom. The summed E-state index contributed by atoms with van der Waals surface area (Å²) in [6.07, 6.45) is 15.4. The highest BCUT2D eigenvalue weighted by Crippen LogP contribution is 2.40.